The zero-order valence-electron chi connectivity index (χ0n) is 26.3. The van der Waals surface area contributed by atoms with Crippen LogP contribution in [-0.4, -0.2) is 88.3 Å². The molecule has 2 atom stereocenters. The number of hydrogen-bond acceptors (Lipinski definition) is 8. The topological polar surface area (TPSA) is 83.8 Å². The van der Waals surface area contributed by atoms with E-state index >= 15 is 8.78 Å². The van der Waals surface area contributed by atoms with Crippen molar-refractivity contribution in [1.82, 2.24) is 19.9 Å². The lowest BCUT2D eigenvalue weighted by Gasteiger charge is -2.57. The molecule has 1 N–H and O–H groups in total. The summed E-state index contributed by atoms with van der Waals surface area (Å²) in [6.45, 7) is 3.20. The molecule has 1 spiro atoms. The molecule has 1 saturated carbocycles. The number of anilines is 1. The van der Waals surface area contributed by atoms with E-state index in [1.54, 1.807) is 18.3 Å². The number of nitrogens with zero attached hydrogens (tertiary/aromatic N) is 5. The highest BCUT2D eigenvalue weighted by Crippen LogP contribution is 2.54. The summed E-state index contributed by atoms with van der Waals surface area (Å²) < 4.78 is 59.2. The molecule has 0 radical (unpaired) electrons. The van der Waals surface area contributed by atoms with Gasteiger partial charge in [-0.3, -0.25) is 9.88 Å². The summed E-state index contributed by atoms with van der Waals surface area (Å²) in [7, 11) is 0. The van der Waals surface area contributed by atoms with E-state index in [9.17, 15) is 9.50 Å². The molecule has 8 nitrogen and oxygen atoms in total. The number of aromatic nitrogens is 3. The number of benzene rings is 2. The molecule has 1 aliphatic carbocycles. The van der Waals surface area contributed by atoms with E-state index in [0.717, 1.165) is 37.6 Å². The Hall–Kier alpha value is -3.54. The van der Waals surface area contributed by atoms with Crippen molar-refractivity contribution < 1.29 is 27.8 Å². The molecule has 47 heavy (non-hydrogen) atoms. The van der Waals surface area contributed by atoms with Crippen LogP contribution >= 0.6 is 0 Å². The first-order valence-corrected chi connectivity index (χ1v) is 16.9. The number of fused-ring (bicyclic) bond motifs is 1. The third-order valence-electron chi connectivity index (χ3n) is 11.5. The van der Waals surface area contributed by atoms with Crippen LogP contribution < -0.4 is 9.64 Å². The van der Waals surface area contributed by atoms with E-state index in [1.807, 2.05) is 12.1 Å². The Morgan fingerprint density at radius 1 is 1.06 bits per heavy atom. The molecule has 2 aromatic carbocycles. The predicted molar refractivity (Wildman–Crippen MR) is 171 cm³/mol. The maximum atomic E-state index is 17.0. The van der Waals surface area contributed by atoms with Gasteiger partial charge in [0.2, 0.25) is 0 Å². The van der Waals surface area contributed by atoms with E-state index in [1.165, 1.54) is 6.07 Å². The number of piperidine rings is 1. The van der Waals surface area contributed by atoms with Crippen molar-refractivity contribution in [1.29, 1.82) is 0 Å². The Bertz CT molecular complexity index is 1900. The van der Waals surface area contributed by atoms with Crippen LogP contribution in [0.3, 0.4) is 0 Å². The minimum Gasteiger partial charge on any atom is -0.461 e. The molecule has 2 aromatic heterocycles. The smallest absolute Gasteiger partial charge is 0.319 e. The van der Waals surface area contributed by atoms with Gasteiger partial charge >= 0.3 is 6.01 Å². The van der Waals surface area contributed by atoms with E-state index in [2.05, 4.69) is 19.8 Å². The van der Waals surface area contributed by atoms with Crippen molar-refractivity contribution in [3.8, 4) is 17.3 Å². The largest absolute Gasteiger partial charge is 0.461 e. The first kappa shape index (κ1) is 29.6. The molecule has 11 rings (SSSR count). The first-order valence-electron chi connectivity index (χ1n) is 16.9. The third-order valence-corrected chi connectivity index (χ3v) is 11.5. The molecule has 4 fully saturated rings. The van der Waals surface area contributed by atoms with E-state index in [4.69, 9.17) is 14.5 Å². The van der Waals surface area contributed by atoms with Crippen LogP contribution in [-0.2, 0) is 11.2 Å². The summed E-state index contributed by atoms with van der Waals surface area (Å²) in [5.41, 5.74) is -0.475. The quantitative estimate of drug-likeness (QED) is 0.301. The second-order valence-corrected chi connectivity index (χ2v) is 14.7. The average molecular weight is 646 g/mol. The van der Waals surface area contributed by atoms with Crippen LogP contribution in [0.2, 0.25) is 0 Å². The monoisotopic (exact) mass is 645 g/mol. The highest BCUT2D eigenvalue weighted by Gasteiger charge is 2.55. The molecule has 7 aliphatic rings. The summed E-state index contributed by atoms with van der Waals surface area (Å²) in [5.74, 6) is -0.494. The molecule has 246 valence electrons. The highest BCUT2D eigenvalue weighted by atomic mass is 19.1. The van der Waals surface area contributed by atoms with Crippen LogP contribution in [0.5, 0.6) is 6.01 Å². The molecule has 6 aliphatic heterocycles. The van der Waals surface area contributed by atoms with Gasteiger partial charge in [0, 0.05) is 37.8 Å². The molecule has 11 heteroatoms. The lowest BCUT2D eigenvalue weighted by Crippen LogP contribution is -2.60. The minimum atomic E-state index is -0.953. The normalized spacial score (nSPS) is 30.6. The second kappa shape index (κ2) is 10.7. The molecule has 4 aromatic rings. The Morgan fingerprint density at radius 2 is 1.94 bits per heavy atom. The Balaban J connectivity index is 1.21. The Labute approximate surface area is 270 Å². The van der Waals surface area contributed by atoms with Crippen LogP contribution in [0, 0.1) is 17.0 Å². The summed E-state index contributed by atoms with van der Waals surface area (Å²) in [5, 5.41) is 13.2. The lowest BCUT2D eigenvalue weighted by molar-refractivity contribution is -0.167. The fourth-order valence-corrected chi connectivity index (χ4v) is 9.59. The van der Waals surface area contributed by atoms with Crippen molar-refractivity contribution in [3.63, 3.8) is 0 Å². The maximum absolute atomic E-state index is 17.0. The number of rotatable bonds is 3. The SMILES string of the molecule is OC12COCCc3c(F)ccc4cccc(c34)-c3ncc4c(nc(OC[C@@]56CCCN5C[C@H](F)C6)nc4c3F)N3CCCC(C3)(C1)C2. The summed E-state index contributed by atoms with van der Waals surface area (Å²) in [6, 6.07) is 8.60. The molecule has 8 heterocycles. The Morgan fingerprint density at radius 3 is 2.83 bits per heavy atom. The molecular formula is C36H38F3N5O3. The van der Waals surface area contributed by atoms with Gasteiger partial charge in [-0.05, 0) is 79.3 Å². The van der Waals surface area contributed by atoms with E-state index in [0.29, 0.717) is 66.6 Å². The first-order chi connectivity index (χ1) is 22.7. The number of pyridine rings is 1. The van der Waals surface area contributed by atoms with Gasteiger partial charge < -0.3 is 19.5 Å². The van der Waals surface area contributed by atoms with Crippen molar-refractivity contribution >= 4 is 27.5 Å². The predicted octanol–water partition coefficient (Wildman–Crippen LogP) is 5.76. The zero-order chi connectivity index (χ0) is 32.0. The summed E-state index contributed by atoms with van der Waals surface area (Å²) in [6.07, 6.45) is 6.18. The van der Waals surface area contributed by atoms with Gasteiger partial charge in [-0.1, -0.05) is 24.3 Å². The standard InChI is InChI=1S/C36H38F3N5O3/c37-23-14-35(10-3-12-44(35)16-23)20-47-33-41-31-26-15-40-30(29(31)39)25-5-1-4-22-6-7-27(38)24(28(22)25)8-13-46-21-36(45)17-34(18-36)9-2-11-43(19-34)32(26)42-33/h1,4-7,15,23,45H,2-3,8-14,16-21H2/t23-,34?,35+,36?/m1/s1. The van der Waals surface area contributed by atoms with Crippen LogP contribution in [0.25, 0.3) is 32.9 Å². The van der Waals surface area contributed by atoms with Gasteiger partial charge in [-0.2, -0.15) is 9.97 Å². The van der Waals surface area contributed by atoms with Crippen molar-refractivity contribution in [2.75, 3.05) is 50.9 Å². The van der Waals surface area contributed by atoms with E-state index < -0.39 is 28.9 Å². The summed E-state index contributed by atoms with van der Waals surface area (Å²) >= 11 is 0. The van der Waals surface area contributed by atoms with Crippen LogP contribution in [0.1, 0.15) is 50.5 Å². The fourth-order valence-electron chi connectivity index (χ4n) is 9.59. The van der Waals surface area contributed by atoms with Gasteiger partial charge in [0.1, 0.15) is 35.6 Å². The maximum Gasteiger partial charge on any atom is 0.319 e. The van der Waals surface area contributed by atoms with E-state index in [-0.39, 0.29) is 48.9 Å². The van der Waals surface area contributed by atoms with Crippen molar-refractivity contribution in [3.05, 3.63) is 53.7 Å². The lowest BCUT2D eigenvalue weighted by atomic mass is 9.56. The minimum absolute atomic E-state index is 0.0489. The van der Waals surface area contributed by atoms with Gasteiger partial charge in [-0.25, -0.2) is 13.2 Å². The number of hydrogen-bond donors (Lipinski definition) is 1. The van der Waals surface area contributed by atoms with Crippen LogP contribution in [0.4, 0.5) is 19.0 Å². The number of alkyl halides is 1. The number of halogens is 3. The van der Waals surface area contributed by atoms with Gasteiger partial charge in [0.25, 0.3) is 0 Å². The third kappa shape index (κ3) is 4.79. The molecule has 0 amide bonds. The average Bonchev–Trinajstić information content (AvgIpc) is 3.57. The van der Waals surface area contributed by atoms with Crippen molar-refractivity contribution in [2.24, 2.45) is 5.41 Å². The summed E-state index contributed by atoms with van der Waals surface area (Å²) in [4.78, 5) is 18.5. The molecule has 0 unspecified atom stereocenters. The van der Waals surface area contributed by atoms with Gasteiger partial charge in [0.15, 0.2) is 5.82 Å². The number of ether oxygens (including phenoxy) is 2. The zero-order valence-corrected chi connectivity index (χ0v) is 26.3. The fraction of sp³-hybridized carbons (Fsp3) is 0.528. The molecule has 7 bridgehead atoms. The second-order valence-electron chi connectivity index (χ2n) is 14.7. The van der Waals surface area contributed by atoms with Gasteiger partial charge in [-0.15, -0.1) is 0 Å². The van der Waals surface area contributed by atoms with Crippen LogP contribution in [0.15, 0.2) is 36.5 Å². The Kier molecular flexibility index (Phi) is 6.76. The van der Waals surface area contributed by atoms with Gasteiger partial charge in [0.05, 0.1) is 29.7 Å². The van der Waals surface area contributed by atoms with Crippen molar-refractivity contribution in [2.45, 2.75) is 68.7 Å². The number of aliphatic hydroxyl groups is 1. The highest BCUT2D eigenvalue weighted by molar-refractivity contribution is 6.01. The molecule has 3 saturated heterocycles. The molecular weight excluding hydrogens is 607 g/mol.